The summed E-state index contributed by atoms with van der Waals surface area (Å²) in [4.78, 5) is 27.5. The van der Waals surface area contributed by atoms with E-state index in [9.17, 15) is 9.59 Å². The molecule has 0 unspecified atom stereocenters. The molecule has 3 saturated heterocycles. The average Bonchev–Trinajstić information content (AvgIpc) is 3.04. The molecule has 0 atom stereocenters. The lowest BCUT2D eigenvalue weighted by molar-refractivity contribution is -0.120. The minimum absolute atomic E-state index is 0.195. The van der Waals surface area contributed by atoms with Crippen LogP contribution in [0.4, 0.5) is 16.2 Å². The number of carbonyl (C=O) groups excluding carboxylic acids is 2. The number of urea groups is 1. The van der Waals surface area contributed by atoms with Crippen LogP contribution < -0.4 is 20.4 Å². The molecule has 0 bridgehead atoms. The van der Waals surface area contributed by atoms with E-state index in [-0.39, 0.29) is 11.9 Å². The topological polar surface area (TPSA) is 64.7 Å². The minimum Gasteiger partial charge on any atom is -0.371 e. The van der Waals surface area contributed by atoms with E-state index in [0.29, 0.717) is 18.4 Å². The SMILES string of the molecule is Cc1cc(N2CCC3(CCNC3)CC2)ccc1N1CCC(=O)NC1=O. The van der Waals surface area contributed by atoms with Crippen LogP contribution >= 0.6 is 0 Å². The van der Waals surface area contributed by atoms with E-state index in [0.717, 1.165) is 30.9 Å². The molecule has 0 aromatic heterocycles. The van der Waals surface area contributed by atoms with Gasteiger partial charge in [0.15, 0.2) is 0 Å². The number of anilines is 2. The van der Waals surface area contributed by atoms with Crippen molar-refractivity contribution in [2.45, 2.75) is 32.6 Å². The van der Waals surface area contributed by atoms with Crippen LogP contribution in [0.2, 0.25) is 0 Å². The van der Waals surface area contributed by atoms with Crippen LogP contribution in [0.1, 0.15) is 31.2 Å². The third-order valence-electron chi connectivity index (χ3n) is 6.05. The predicted octanol–water partition coefficient (Wildman–Crippen LogP) is 2.02. The number of aryl methyl sites for hydroxylation is 1. The maximum Gasteiger partial charge on any atom is 0.328 e. The fourth-order valence-electron chi connectivity index (χ4n) is 4.39. The van der Waals surface area contributed by atoms with Gasteiger partial charge in [0.05, 0.1) is 0 Å². The van der Waals surface area contributed by atoms with Gasteiger partial charge in [0.1, 0.15) is 0 Å². The molecular weight excluding hydrogens is 316 g/mol. The summed E-state index contributed by atoms with van der Waals surface area (Å²) in [7, 11) is 0. The van der Waals surface area contributed by atoms with Crippen molar-refractivity contribution in [3.05, 3.63) is 23.8 Å². The molecule has 3 aliphatic rings. The van der Waals surface area contributed by atoms with Gasteiger partial charge in [-0.05, 0) is 61.9 Å². The van der Waals surface area contributed by atoms with Gasteiger partial charge in [-0.1, -0.05) is 0 Å². The fraction of sp³-hybridized carbons (Fsp3) is 0.579. The number of hydrogen-bond donors (Lipinski definition) is 2. The van der Waals surface area contributed by atoms with Gasteiger partial charge >= 0.3 is 6.03 Å². The van der Waals surface area contributed by atoms with Gasteiger partial charge in [-0.25, -0.2) is 4.79 Å². The number of carbonyl (C=O) groups is 2. The summed E-state index contributed by atoms with van der Waals surface area (Å²) >= 11 is 0. The second kappa shape index (κ2) is 6.33. The largest absolute Gasteiger partial charge is 0.371 e. The van der Waals surface area contributed by atoms with Crippen molar-refractivity contribution in [3.8, 4) is 0 Å². The van der Waals surface area contributed by atoms with Crippen molar-refractivity contribution in [2.75, 3.05) is 42.5 Å². The number of piperidine rings is 1. The summed E-state index contributed by atoms with van der Waals surface area (Å²) < 4.78 is 0. The Kier molecular flexibility index (Phi) is 4.15. The Morgan fingerprint density at radius 1 is 1.08 bits per heavy atom. The van der Waals surface area contributed by atoms with E-state index in [1.165, 1.54) is 31.5 Å². The number of nitrogens with one attached hydrogen (secondary N) is 2. The first kappa shape index (κ1) is 16.4. The normalized spacial score (nSPS) is 23.2. The lowest BCUT2D eigenvalue weighted by atomic mass is 9.78. The third-order valence-corrected chi connectivity index (χ3v) is 6.05. The van der Waals surface area contributed by atoms with Gasteiger partial charge in [-0.3, -0.25) is 15.0 Å². The molecule has 0 saturated carbocycles. The van der Waals surface area contributed by atoms with Gasteiger partial charge < -0.3 is 10.2 Å². The minimum atomic E-state index is -0.319. The Morgan fingerprint density at radius 2 is 1.88 bits per heavy atom. The first-order chi connectivity index (χ1) is 12.1. The summed E-state index contributed by atoms with van der Waals surface area (Å²) in [5, 5.41) is 5.90. The van der Waals surface area contributed by atoms with Crippen molar-refractivity contribution < 1.29 is 9.59 Å². The maximum absolute atomic E-state index is 12.1. The number of imide groups is 1. The molecule has 6 nitrogen and oxygen atoms in total. The maximum atomic E-state index is 12.1. The average molecular weight is 342 g/mol. The zero-order chi connectivity index (χ0) is 17.4. The Bertz CT molecular complexity index is 687. The Labute approximate surface area is 148 Å². The summed E-state index contributed by atoms with van der Waals surface area (Å²) in [6.07, 6.45) is 4.16. The standard InChI is InChI=1S/C19H26N4O2/c1-14-12-15(22-10-6-19(7-11-22)5-8-20-13-19)2-3-16(14)23-9-4-17(24)21-18(23)25/h2-3,12,20H,4-11,13H2,1H3,(H,21,24,25). The highest BCUT2D eigenvalue weighted by Gasteiger charge is 2.37. The Balaban J connectivity index is 1.47. The molecule has 1 spiro atoms. The molecule has 3 amide bonds. The highest BCUT2D eigenvalue weighted by Crippen LogP contribution is 2.38. The lowest BCUT2D eigenvalue weighted by Gasteiger charge is -2.40. The molecule has 2 N–H and O–H groups in total. The van der Waals surface area contributed by atoms with E-state index < -0.39 is 0 Å². The van der Waals surface area contributed by atoms with Crippen molar-refractivity contribution >= 4 is 23.3 Å². The van der Waals surface area contributed by atoms with Gasteiger partial charge in [-0.15, -0.1) is 0 Å². The van der Waals surface area contributed by atoms with E-state index in [2.05, 4.69) is 27.7 Å². The lowest BCUT2D eigenvalue weighted by Crippen LogP contribution is -2.49. The van der Waals surface area contributed by atoms with Crippen molar-refractivity contribution in [3.63, 3.8) is 0 Å². The van der Waals surface area contributed by atoms with Crippen LogP contribution in [-0.4, -0.2) is 44.7 Å². The molecule has 4 rings (SSSR count). The third kappa shape index (κ3) is 3.11. The van der Waals surface area contributed by atoms with Gasteiger partial charge in [-0.2, -0.15) is 0 Å². The van der Waals surface area contributed by atoms with Gasteiger partial charge in [0.2, 0.25) is 5.91 Å². The zero-order valence-electron chi connectivity index (χ0n) is 14.8. The number of amides is 3. The molecule has 1 aromatic carbocycles. The van der Waals surface area contributed by atoms with Crippen LogP contribution in [0.5, 0.6) is 0 Å². The van der Waals surface area contributed by atoms with Gasteiger partial charge in [0, 0.05) is 44.0 Å². The quantitative estimate of drug-likeness (QED) is 0.863. The second-order valence-electron chi connectivity index (χ2n) is 7.64. The molecule has 0 aliphatic carbocycles. The van der Waals surface area contributed by atoms with Crippen molar-refractivity contribution in [1.82, 2.24) is 10.6 Å². The number of hydrogen-bond acceptors (Lipinski definition) is 4. The molecule has 0 radical (unpaired) electrons. The van der Waals surface area contributed by atoms with E-state index in [4.69, 9.17) is 0 Å². The fourth-order valence-corrected chi connectivity index (χ4v) is 4.39. The van der Waals surface area contributed by atoms with E-state index in [1.807, 2.05) is 13.0 Å². The molecule has 134 valence electrons. The summed E-state index contributed by atoms with van der Waals surface area (Å²) in [6, 6.07) is 5.98. The van der Waals surface area contributed by atoms with Crippen LogP contribution in [-0.2, 0) is 4.79 Å². The van der Waals surface area contributed by atoms with E-state index in [1.54, 1.807) is 4.90 Å². The highest BCUT2D eigenvalue weighted by atomic mass is 16.2. The molecule has 3 aliphatic heterocycles. The Hall–Kier alpha value is -2.08. The summed E-state index contributed by atoms with van der Waals surface area (Å²) in [6.45, 7) is 7.01. The van der Waals surface area contributed by atoms with Gasteiger partial charge in [0.25, 0.3) is 0 Å². The van der Waals surface area contributed by atoms with Crippen molar-refractivity contribution in [1.29, 1.82) is 0 Å². The van der Waals surface area contributed by atoms with Crippen LogP contribution in [0.3, 0.4) is 0 Å². The number of nitrogens with zero attached hydrogens (tertiary/aromatic N) is 2. The Morgan fingerprint density at radius 3 is 2.52 bits per heavy atom. The molecule has 3 fully saturated rings. The smallest absolute Gasteiger partial charge is 0.328 e. The first-order valence-electron chi connectivity index (χ1n) is 9.24. The first-order valence-corrected chi connectivity index (χ1v) is 9.24. The molecule has 25 heavy (non-hydrogen) atoms. The van der Waals surface area contributed by atoms with E-state index >= 15 is 0 Å². The van der Waals surface area contributed by atoms with Crippen LogP contribution in [0.15, 0.2) is 18.2 Å². The summed E-state index contributed by atoms with van der Waals surface area (Å²) in [5.74, 6) is -0.195. The molecular formula is C19H26N4O2. The molecule has 1 aromatic rings. The second-order valence-corrected chi connectivity index (χ2v) is 7.64. The zero-order valence-corrected chi connectivity index (χ0v) is 14.8. The molecule has 3 heterocycles. The summed E-state index contributed by atoms with van der Waals surface area (Å²) in [5.41, 5.74) is 3.71. The van der Waals surface area contributed by atoms with Crippen LogP contribution in [0, 0.1) is 12.3 Å². The molecule has 6 heteroatoms. The predicted molar refractivity (Wildman–Crippen MR) is 98.0 cm³/mol. The van der Waals surface area contributed by atoms with Crippen molar-refractivity contribution in [2.24, 2.45) is 5.41 Å². The van der Waals surface area contributed by atoms with Crippen LogP contribution in [0.25, 0.3) is 0 Å². The number of benzene rings is 1. The number of rotatable bonds is 2. The monoisotopic (exact) mass is 342 g/mol. The highest BCUT2D eigenvalue weighted by molar-refractivity contribution is 6.06.